The number of carbonyl (C=O) groups is 2. The van der Waals surface area contributed by atoms with Gasteiger partial charge >= 0.3 is 12.1 Å². The summed E-state index contributed by atoms with van der Waals surface area (Å²) in [5.74, 6) is -0.608. The van der Waals surface area contributed by atoms with Crippen molar-refractivity contribution >= 4 is 17.7 Å². The number of carbonyl (C=O) groups excluding carboxylic acids is 2. The van der Waals surface area contributed by atoms with Gasteiger partial charge in [-0.25, -0.2) is 9.59 Å². The van der Waals surface area contributed by atoms with Crippen LogP contribution in [0.3, 0.4) is 0 Å². The van der Waals surface area contributed by atoms with Gasteiger partial charge in [-0.2, -0.15) is 0 Å². The number of hydrogen-bond acceptors (Lipinski definition) is 5. The van der Waals surface area contributed by atoms with Gasteiger partial charge in [-0.05, 0) is 33.6 Å². The van der Waals surface area contributed by atoms with Gasteiger partial charge in [0, 0.05) is 18.3 Å². The topological polar surface area (TPSA) is 88.7 Å². The molecule has 0 saturated carbocycles. The molecule has 7 heteroatoms. The monoisotopic (exact) mass is 308 g/mol. The smallest absolute Gasteiger partial charge is 0.414 e. The lowest BCUT2D eigenvalue weighted by molar-refractivity contribution is 0.0576. The third kappa shape index (κ3) is 3.13. The van der Waals surface area contributed by atoms with Crippen LogP contribution in [0.5, 0.6) is 0 Å². The summed E-state index contributed by atoms with van der Waals surface area (Å²) in [6, 6.07) is 0. The summed E-state index contributed by atoms with van der Waals surface area (Å²) in [6.45, 7) is 5.66. The van der Waals surface area contributed by atoms with Crippen LogP contribution in [-0.2, 0) is 15.9 Å². The van der Waals surface area contributed by atoms with Crippen molar-refractivity contribution in [2.24, 2.45) is 0 Å². The second-order valence-corrected chi connectivity index (χ2v) is 6.09. The predicted octanol–water partition coefficient (Wildman–Crippen LogP) is 1.85. The Hall–Kier alpha value is -2.31. The largest absolute Gasteiger partial charge is 0.465 e. The fraction of sp³-hybridized carbons (Fsp3) is 0.533. The average molecular weight is 308 g/mol. The number of pyridine rings is 1. The van der Waals surface area contributed by atoms with Crippen LogP contribution < -0.4 is 10.5 Å². The zero-order chi connectivity index (χ0) is 16.5. The molecule has 1 aliphatic rings. The van der Waals surface area contributed by atoms with Crippen molar-refractivity contribution in [3.63, 3.8) is 0 Å². The molecule has 1 N–H and O–H groups in total. The lowest BCUT2D eigenvalue weighted by Crippen LogP contribution is -2.42. The number of aromatic amines is 1. The number of esters is 1. The van der Waals surface area contributed by atoms with E-state index < -0.39 is 17.7 Å². The van der Waals surface area contributed by atoms with Crippen LogP contribution in [-0.4, -0.2) is 36.3 Å². The zero-order valence-electron chi connectivity index (χ0n) is 13.2. The highest BCUT2D eigenvalue weighted by atomic mass is 16.6. The number of amides is 1. The van der Waals surface area contributed by atoms with Gasteiger partial charge in [0.2, 0.25) is 0 Å². The lowest BCUT2D eigenvalue weighted by Gasteiger charge is -2.32. The molecule has 1 aromatic rings. The molecular formula is C15H20N2O5. The highest BCUT2D eigenvalue weighted by Crippen LogP contribution is 2.30. The Morgan fingerprint density at radius 3 is 2.59 bits per heavy atom. The Balaban J connectivity index is 2.52. The fourth-order valence-corrected chi connectivity index (χ4v) is 2.39. The number of fused-ring (bicyclic) bond motifs is 1. The number of methoxy groups -OCH3 is 1. The zero-order valence-corrected chi connectivity index (χ0v) is 13.2. The number of anilines is 1. The molecule has 0 unspecified atom stereocenters. The molecule has 0 atom stereocenters. The lowest BCUT2D eigenvalue weighted by atomic mass is 10.0. The fourth-order valence-electron chi connectivity index (χ4n) is 2.39. The average Bonchev–Trinajstić information content (AvgIpc) is 2.44. The van der Waals surface area contributed by atoms with Crippen LogP contribution in [0.25, 0.3) is 0 Å². The molecule has 1 aromatic heterocycles. The summed E-state index contributed by atoms with van der Waals surface area (Å²) in [5, 5.41) is 0. The van der Waals surface area contributed by atoms with Crippen molar-refractivity contribution in [3.05, 3.63) is 27.7 Å². The maximum absolute atomic E-state index is 12.4. The first kappa shape index (κ1) is 16.1. The van der Waals surface area contributed by atoms with Gasteiger partial charge < -0.3 is 14.5 Å². The summed E-state index contributed by atoms with van der Waals surface area (Å²) in [6.07, 6.45) is 1.81. The number of hydrogen-bond donors (Lipinski definition) is 1. The van der Waals surface area contributed by atoms with Crippen LogP contribution in [0.15, 0.2) is 11.0 Å². The number of rotatable bonds is 1. The van der Waals surface area contributed by atoms with Gasteiger partial charge in [-0.15, -0.1) is 0 Å². The van der Waals surface area contributed by atoms with Crippen molar-refractivity contribution < 1.29 is 19.1 Å². The molecule has 0 saturated heterocycles. The molecule has 0 aliphatic carbocycles. The molecule has 1 aliphatic heterocycles. The summed E-state index contributed by atoms with van der Waals surface area (Å²) < 4.78 is 10.1. The quantitative estimate of drug-likeness (QED) is 0.800. The summed E-state index contributed by atoms with van der Waals surface area (Å²) >= 11 is 0. The van der Waals surface area contributed by atoms with Crippen LogP contribution in [0, 0.1) is 0 Å². The Morgan fingerprint density at radius 1 is 1.32 bits per heavy atom. The number of H-pyrrole nitrogens is 1. The van der Waals surface area contributed by atoms with Crippen molar-refractivity contribution in [1.82, 2.24) is 4.98 Å². The van der Waals surface area contributed by atoms with Crippen molar-refractivity contribution in [3.8, 4) is 0 Å². The first-order valence-corrected chi connectivity index (χ1v) is 7.08. The van der Waals surface area contributed by atoms with Gasteiger partial charge in [-0.3, -0.25) is 9.69 Å². The summed E-state index contributed by atoms with van der Waals surface area (Å²) in [5.41, 5.74) is -0.129. The third-order valence-corrected chi connectivity index (χ3v) is 3.26. The van der Waals surface area contributed by atoms with Crippen molar-refractivity contribution in [1.29, 1.82) is 0 Å². The van der Waals surface area contributed by atoms with Crippen molar-refractivity contribution in [2.75, 3.05) is 18.6 Å². The number of nitrogens with one attached hydrogen (secondary N) is 1. The second kappa shape index (κ2) is 5.82. The SMILES string of the molecule is COC(=O)c1c[nH]c(=O)c2c1N(C(=O)OC(C)(C)C)CCC2. The minimum atomic E-state index is -0.665. The van der Waals surface area contributed by atoms with E-state index in [1.165, 1.54) is 18.2 Å². The first-order chi connectivity index (χ1) is 10.2. The minimum absolute atomic E-state index is 0.155. The Morgan fingerprint density at radius 2 is 2.00 bits per heavy atom. The molecule has 2 rings (SSSR count). The highest BCUT2D eigenvalue weighted by Gasteiger charge is 2.32. The van der Waals surface area contributed by atoms with E-state index in [1.807, 2.05) is 0 Å². The van der Waals surface area contributed by atoms with Crippen LogP contribution in [0.2, 0.25) is 0 Å². The Bertz CT molecular complexity index is 657. The molecule has 0 spiro atoms. The van der Waals surface area contributed by atoms with E-state index in [4.69, 9.17) is 9.47 Å². The van der Waals surface area contributed by atoms with Gasteiger partial charge in [0.1, 0.15) is 11.2 Å². The molecule has 0 bridgehead atoms. The first-order valence-electron chi connectivity index (χ1n) is 7.08. The predicted molar refractivity (Wildman–Crippen MR) is 80.3 cm³/mol. The Labute approximate surface area is 128 Å². The maximum atomic E-state index is 12.4. The molecule has 2 heterocycles. The Kier molecular flexibility index (Phi) is 4.25. The number of nitrogens with zero attached hydrogens (tertiary/aromatic N) is 1. The molecule has 22 heavy (non-hydrogen) atoms. The molecule has 0 aromatic carbocycles. The number of aromatic nitrogens is 1. The van der Waals surface area contributed by atoms with E-state index in [1.54, 1.807) is 20.8 Å². The normalized spacial score (nSPS) is 14.3. The van der Waals surface area contributed by atoms with E-state index >= 15 is 0 Å². The highest BCUT2D eigenvalue weighted by molar-refractivity contribution is 6.01. The third-order valence-electron chi connectivity index (χ3n) is 3.26. The summed E-state index contributed by atoms with van der Waals surface area (Å²) in [7, 11) is 1.25. The number of ether oxygens (including phenoxy) is 2. The standard InChI is InChI=1S/C15H20N2O5/c1-15(2,3)22-14(20)17-7-5-6-9-11(17)10(13(19)21-4)8-16-12(9)18/h8H,5-7H2,1-4H3,(H,16,18). The van der Waals surface area contributed by atoms with E-state index in [-0.39, 0.29) is 16.8 Å². The molecule has 120 valence electrons. The van der Waals surface area contributed by atoms with E-state index in [0.717, 1.165) is 0 Å². The van der Waals surface area contributed by atoms with Crippen LogP contribution >= 0.6 is 0 Å². The van der Waals surface area contributed by atoms with Gasteiger partial charge in [-0.1, -0.05) is 0 Å². The van der Waals surface area contributed by atoms with Gasteiger partial charge in [0.05, 0.1) is 12.8 Å². The van der Waals surface area contributed by atoms with Gasteiger partial charge in [0.15, 0.2) is 0 Å². The second-order valence-electron chi connectivity index (χ2n) is 6.09. The molecule has 7 nitrogen and oxygen atoms in total. The van der Waals surface area contributed by atoms with E-state index in [9.17, 15) is 14.4 Å². The molecular weight excluding hydrogens is 288 g/mol. The van der Waals surface area contributed by atoms with Crippen LogP contribution in [0.4, 0.5) is 10.5 Å². The maximum Gasteiger partial charge on any atom is 0.414 e. The van der Waals surface area contributed by atoms with Crippen LogP contribution in [0.1, 0.15) is 43.1 Å². The van der Waals surface area contributed by atoms with Gasteiger partial charge in [0.25, 0.3) is 5.56 Å². The molecule has 0 radical (unpaired) electrons. The van der Waals surface area contributed by atoms with Crippen molar-refractivity contribution in [2.45, 2.75) is 39.2 Å². The van der Waals surface area contributed by atoms with E-state index in [2.05, 4.69) is 4.98 Å². The van der Waals surface area contributed by atoms with E-state index in [0.29, 0.717) is 24.9 Å². The molecule has 0 fully saturated rings. The molecule has 1 amide bonds. The summed E-state index contributed by atoms with van der Waals surface area (Å²) in [4.78, 5) is 40.2. The minimum Gasteiger partial charge on any atom is -0.465 e.